The molecule has 5 nitrogen and oxygen atoms in total. The van der Waals surface area contributed by atoms with E-state index in [1.54, 1.807) is 6.08 Å². The van der Waals surface area contributed by atoms with Crippen LogP contribution in [0.1, 0.15) is 322 Å². The Morgan fingerprint density at radius 2 is 0.682 bits per heavy atom. The van der Waals surface area contributed by atoms with Gasteiger partial charge in [0.2, 0.25) is 5.91 Å². The van der Waals surface area contributed by atoms with Gasteiger partial charge in [-0.3, -0.25) is 4.79 Å². The number of allylic oxidation sites excluding steroid dienone is 5. The molecule has 0 saturated carbocycles. The van der Waals surface area contributed by atoms with Crippen LogP contribution in [0.15, 0.2) is 36.5 Å². The number of carbonyl (C=O) groups is 1. The zero-order valence-corrected chi connectivity index (χ0v) is 44.6. The van der Waals surface area contributed by atoms with Gasteiger partial charge in [0.25, 0.3) is 0 Å². The Balaban J connectivity index is 3.54. The highest BCUT2D eigenvalue weighted by atomic mass is 16.3. The number of unbranched alkanes of at least 4 members (excludes halogenated alkanes) is 42. The summed E-state index contributed by atoms with van der Waals surface area (Å²) in [5, 5.41) is 33.5. The van der Waals surface area contributed by atoms with Crippen molar-refractivity contribution in [3.8, 4) is 0 Å². The van der Waals surface area contributed by atoms with Gasteiger partial charge in [0.15, 0.2) is 0 Å². The van der Waals surface area contributed by atoms with Crippen molar-refractivity contribution in [2.75, 3.05) is 6.61 Å². The van der Waals surface area contributed by atoms with Gasteiger partial charge in [-0.25, -0.2) is 0 Å². The number of aliphatic hydroxyl groups is 3. The summed E-state index contributed by atoms with van der Waals surface area (Å²) in [6, 6.07) is -0.744. The lowest BCUT2D eigenvalue weighted by Crippen LogP contribution is -2.45. The Morgan fingerprint density at radius 3 is 1.00 bits per heavy atom. The first kappa shape index (κ1) is 64.6. The molecule has 0 aromatic heterocycles. The smallest absolute Gasteiger partial charge is 0.222 e. The second-order valence-corrected chi connectivity index (χ2v) is 20.6. The number of amides is 1. The lowest BCUT2D eigenvalue weighted by atomic mass is 10.0. The molecular weight excluding hydrogens is 811 g/mol. The first-order chi connectivity index (χ1) is 32.5. The maximum Gasteiger partial charge on any atom is 0.222 e. The van der Waals surface area contributed by atoms with Crippen LogP contribution in [-0.2, 0) is 4.79 Å². The van der Waals surface area contributed by atoms with Gasteiger partial charge < -0.3 is 20.6 Å². The fourth-order valence-electron chi connectivity index (χ4n) is 9.37. The van der Waals surface area contributed by atoms with Crippen molar-refractivity contribution in [2.24, 2.45) is 0 Å². The molecule has 3 unspecified atom stereocenters. The van der Waals surface area contributed by atoms with Gasteiger partial charge >= 0.3 is 0 Å². The van der Waals surface area contributed by atoms with Crippen LogP contribution in [0, 0.1) is 0 Å². The third-order valence-corrected chi connectivity index (χ3v) is 13.9. The van der Waals surface area contributed by atoms with Crippen LogP contribution in [0.2, 0.25) is 0 Å². The van der Waals surface area contributed by atoms with Crippen LogP contribution in [0.3, 0.4) is 0 Å². The zero-order chi connectivity index (χ0) is 47.9. The number of aliphatic hydroxyl groups excluding tert-OH is 3. The van der Waals surface area contributed by atoms with E-state index in [4.69, 9.17) is 0 Å². The number of carbonyl (C=O) groups excluding carboxylic acids is 1. The van der Waals surface area contributed by atoms with E-state index >= 15 is 0 Å². The zero-order valence-electron chi connectivity index (χ0n) is 44.6. The van der Waals surface area contributed by atoms with Crippen LogP contribution in [-0.4, -0.2) is 46.1 Å². The molecule has 3 atom stereocenters. The number of hydrogen-bond acceptors (Lipinski definition) is 4. The van der Waals surface area contributed by atoms with Gasteiger partial charge in [-0.2, -0.15) is 0 Å². The minimum Gasteiger partial charge on any atom is -0.394 e. The van der Waals surface area contributed by atoms with Crippen molar-refractivity contribution in [1.29, 1.82) is 0 Å². The van der Waals surface area contributed by atoms with E-state index in [9.17, 15) is 20.1 Å². The van der Waals surface area contributed by atoms with E-state index in [2.05, 4.69) is 43.5 Å². The van der Waals surface area contributed by atoms with Crippen LogP contribution in [0.25, 0.3) is 0 Å². The fourth-order valence-corrected chi connectivity index (χ4v) is 9.37. The van der Waals surface area contributed by atoms with Gasteiger partial charge in [-0.1, -0.05) is 301 Å². The van der Waals surface area contributed by atoms with E-state index in [0.29, 0.717) is 6.42 Å². The molecular formula is C61H117NO4. The molecule has 0 fully saturated rings. The van der Waals surface area contributed by atoms with Crippen molar-refractivity contribution < 1.29 is 20.1 Å². The first-order valence-corrected chi connectivity index (χ1v) is 29.8. The molecule has 0 heterocycles. The summed E-state index contributed by atoms with van der Waals surface area (Å²) < 4.78 is 0. The second kappa shape index (κ2) is 56.2. The van der Waals surface area contributed by atoms with Gasteiger partial charge in [-0.05, 0) is 51.4 Å². The number of rotatable bonds is 55. The van der Waals surface area contributed by atoms with E-state index < -0.39 is 18.2 Å². The van der Waals surface area contributed by atoms with Crippen molar-refractivity contribution in [3.63, 3.8) is 0 Å². The summed E-state index contributed by atoms with van der Waals surface area (Å²) in [5.41, 5.74) is 0. The summed E-state index contributed by atoms with van der Waals surface area (Å²) >= 11 is 0. The molecule has 5 heteroatoms. The predicted octanol–water partition coefficient (Wildman–Crippen LogP) is 18.6. The predicted molar refractivity (Wildman–Crippen MR) is 291 cm³/mol. The largest absolute Gasteiger partial charge is 0.394 e. The summed E-state index contributed by atoms with van der Waals surface area (Å²) in [7, 11) is 0. The maximum absolute atomic E-state index is 12.5. The molecule has 1 amide bonds. The minimum atomic E-state index is -0.929. The Kier molecular flexibility index (Phi) is 54.9. The topological polar surface area (TPSA) is 89.8 Å². The average molecular weight is 929 g/mol. The quantitative estimate of drug-likeness (QED) is 0.0361. The molecule has 0 aliphatic heterocycles. The van der Waals surface area contributed by atoms with Crippen molar-refractivity contribution in [2.45, 2.75) is 340 Å². The summed E-state index contributed by atoms with van der Waals surface area (Å²) in [5.74, 6) is -0.311. The van der Waals surface area contributed by atoms with Gasteiger partial charge in [0, 0.05) is 0 Å². The maximum atomic E-state index is 12.5. The summed E-state index contributed by atoms with van der Waals surface area (Å²) in [6.07, 6.45) is 73.4. The Labute approximate surface area is 413 Å². The number of hydrogen-bond donors (Lipinski definition) is 4. The third kappa shape index (κ3) is 52.0. The second-order valence-electron chi connectivity index (χ2n) is 20.6. The standard InChI is InChI=1S/C61H117NO4/c1-3-5-7-9-11-13-15-17-19-21-23-25-26-27-28-29-30-31-32-33-34-35-36-38-40-42-44-46-48-50-52-54-58(64)56-61(66)62-59(57-63)60(65)55-53-51-49-47-45-43-41-39-37-24-22-20-18-16-14-12-10-8-6-4-2/h23,25,27-28,53,55,58-60,63-65H,3-22,24,26,29-52,54,56-57H2,1-2H3,(H,62,66)/b25-23-,28-27-,55-53+. The van der Waals surface area contributed by atoms with Gasteiger partial charge in [-0.15, -0.1) is 0 Å². The lowest BCUT2D eigenvalue weighted by molar-refractivity contribution is -0.124. The van der Waals surface area contributed by atoms with E-state index in [1.165, 1.54) is 263 Å². The molecule has 0 radical (unpaired) electrons. The molecule has 0 rings (SSSR count). The van der Waals surface area contributed by atoms with Crippen molar-refractivity contribution >= 4 is 5.91 Å². The Bertz CT molecular complexity index is 1020. The first-order valence-electron chi connectivity index (χ1n) is 29.8. The van der Waals surface area contributed by atoms with Crippen molar-refractivity contribution in [1.82, 2.24) is 5.32 Å². The fraction of sp³-hybridized carbons (Fsp3) is 0.885. The monoisotopic (exact) mass is 928 g/mol. The molecule has 0 aliphatic carbocycles. The highest BCUT2D eigenvalue weighted by Gasteiger charge is 2.20. The molecule has 0 aromatic carbocycles. The van der Waals surface area contributed by atoms with Crippen LogP contribution >= 0.6 is 0 Å². The average Bonchev–Trinajstić information content (AvgIpc) is 3.31. The van der Waals surface area contributed by atoms with Crippen LogP contribution < -0.4 is 5.32 Å². The van der Waals surface area contributed by atoms with Gasteiger partial charge in [0.1, 0.15) is 0 Å². The molecule has 0 spiro atoms. The van der Waals surface area contributed by atoms with E-state index in [1.807, 2.05) is 6.08 Å². The van der Waals surface area contributed by atoms with Crippen LogP contribution in [0.4, 0.5) is 0 Å². The van der Waals surface area contributed by atoms with E-state index in [-0.39, 0.29) is 18.9 Å². The summed E-state index contributed by atoms with van der Waals surface area (Å²) in [4.78, 5) is 12.5. The van der Waals surface area contributed by atoms with Gasteiger partial charge in [0.05, 0.1) is 31.3 Å². The molecule has 4 N–H and O–H groups in total. The minimum absolute atomic E-state index is 0.0155. The molecule has 0 saturated heterocycles. The van der Waals surface area contributed by atoms with E-state index in [0.717, 1.165) is 32.1 Å². The molecule has 390 valence electrons. The highest BCUT2D eigenvalue weighted by Crippen LogP contribution is 2.18. The number of nitrogens with one attached hydrogen (secondary N) is 1. The molecule has 0 aromatic rings. The lowest BCUT2D eigenvalue weighted by Gasteiger charge is -2.21. The van der Waals surface area contributed by atoms with Crippen molar-refractivity contribution in [3.05, 3.63) is 36.5 Å². The van der Waals surface area contributed by atoms with Crippen LogP contribution in [0.5, 0.6) is 0 Å². The Hall–Kier alpha value is -1.43. The molecule has 66 heavy (non-hydrogen) atoms. The third-order valence-electron chi connectivity index (χ3n) is 13.9. The SMILES string of the molecule is CCCCCCCCCCC/C=C\C/C=C\CCCCCCCCCCCCCCCCCC(O)CC(=O)NC(CO)C(O)/C=C/CCCCCCCCCCCCCCCCCCCC. The normalized spacial score (nSPS) is 13.5. The molecule has 0 bridgehead atoms. The molecule has 0 aliphatic rings. The summed E-state index contributed by atoms with van der Waals surface area (Å²) in [6.45, 7) is 4.25. The highest BCUT2D eigenvalue weighted by molar-refractivity contribution is 5.76. The Morgan fingerprint density at radius 1 is 0.394 bits per heavy atom.